The Balaban J connectivity index is 1.64. The Morgan fingerprint density at radius 3 is 2.65 bits per heavy atom. The number of hydrogen-bond donors (Lipinski definition) is 1. The molecule has 6 nitrogen and oxygen atoms in total. The van der Waals surface area contributed by atoms with E-state index in [1.165, 1.54) is 0 Å². The molecule has 2 aromatic heterocycles. The van der Waals surface area contributed by atoms with Crippen LogP contribution >= 0.6 is 11.3 Å². The Hall–Kier alpha value is -1.89. The topological polar surface area (TPSA) is 63.1 Å². The van der Waals surface area contributed by atoms with Gasteiger partial charge in [0.2, 0.25) is 16.2 Å². The van der Waals surface area contributed by atoms with Crippen LogP contribution in [0.4, 0.5) is 5.13 Å². The van der Waals surface area contributed by atoms with Crippen LogP contribution in [-0.4, -0.2) is 40.3 Å². The minimum atomic E-state index is 0.0401. The summed E-state index contributed by atoms with van der Waals surface area (Å²) >= 11 is 1.60. The van der Waals surface area contributed by atoms with Gasteiger partial charge in [0, 0.05) is 31.0 Å². The SMILES string of the molecule is Cc1ccc(C)n1-c1nnc(N2CCCC(C(=O)NCCC(C)C)C2)s1. The molecule has 3 heterocycles. The number of rotatable bonds is 6. The first-order valence-corrected chi connectivity index (χ1v) is 10.3. The van der Waals surface area contributed by atoms with Crippen molar-refractivity contribution in [3.05, 3.63) is 23.5 Å². The van der Waals surface area contributed by atoms with Crippen LogP contribution in [0.5, 0.6) is 0 Å². The molecule has 142 valence electrons. The molecule has 2 aromatic rings. The summed E-state index contributed by atoms with van der Waals surface area (Å²) in [5.74, 6) is 0.828. The number of aryl methyl sites for hydroxylation is 2. The molecule has 0 aliphatic carbocycles. The van der Waals surface area contributed by atoms with Crippen LogP contribution in [0.15, 0.2) is 12.1 Å². The van der Waals surface area contributed by atoms with Crippen molar-refractivity contribution in [3.8, 4) is 5.13 Å². The summed E-state index contributed by atoms with van der Waals surface area (Å²) < 4.78 is 2.13. The number of hydrogen-bond acceptors (Lipinski definition) is 5. The molecule has 1 N–H and O–H groups in total. The second-order valence-corrected chi connectivity index (χ2v) is 8.51. The molecule has 1 saturated heterocycles. The summed E-state index contributed by atoms with van der Waals surface area (Å²) in [5, 5.41) is 13.7. The quantitative estimate of drug-likeness (QED) is 0.841. The number of carbonyl (C=O) groups excluding carboxylic acids is 1. The molecule has 1 aliphatic heterocycles. The molecule has 0 aromatic carbocycles. The van der Waals surface area contributed by atoms with Gasteiger partial charge in [-0.2, -0.15) is 0 Å². The normalized spacial score (nSPS) is 17.7. The van der Waals surface area contributed by atoms with Crippen molar-refractivity contribution in [2.75, 3.05) is 24.5 Å². The van der Waals surface area contributed by atoms with Gasteiger partial charge in [0.1, 0.15) is 0 Å². The zero-order valence-electron chi connectivity index (χ0n) is 16.2. The fourth-order valence-corrected chi connectivity index (χ4v) is 4.39. The molecular formula is C19H29N5OS. The Kier molecular flexibility index (Phi) is 5.96. The summed E-state index contributed by atoms with van der Waals surface area (Å²) in [6.07, 6.45) is 2.99. The number of amides is 1. The lowest BCUT2D eigenvalue weighted by Gasteiger charge is -2.31. The van der Waals surface area contributed by atoms with Crippen LogP contribution in [0.1, 0.15) is 44.5 Å². The molecule has 7 heteroatoms. The minimum absolute atomic E-state index is 0.0401. The van der Waals surface area contributed by atoms with Crippen molar-refractivity contribution in [1.82, 2.24) is 20.1 Å². The maximum Gasteiger partial charge on any atom is 0.224 e. The Morgan fingerprint density at radius 2 is 1.96 bits per heavy atom. The number of piperidine rings is 1. The molecule has 1 unspecified atom stereocenters. The van der Waals surface area contributed by atoms with E-state index >= 15 is 0 Å². The van der Waals surface area contributed by atoms with E-state index in [1.54, 1.807) is 11.3 Å². The van der Waals surface area contributed by atoms with Crippen LogP contribution < -0.4 is 10.2 Å². The molecule has 0 spiro atoms. The summed E-state index contributed by atoms with van der Waals surface area (Å²) in [5.41, 5.74) is 2.32. The number of anilines is 1. The van der Waals surface area contributed by atoms with E-state index in [-0.39, 0.29) is 11.8 Å². The molecule has 1 aliphatic rings. The third-order valence-electron chi connectivity index (χ3n) is 4.95. The zero-order valence-corrected chi connectivity index (χ0v) is 17.0. The van der Waals surface area contributed by atoms with Gasteiger partial charge in [-0.3, -0.25) is 9.36 Å². The molecule has 0 radical (unpaired) electrons. The van der Waals surface area contributed by atoms with Gasteiger partial charge >= 0.3 is 0 Å². The van der Waals surface area contributed by atoms with Crippen LogP contribution in [0.2, 0.25) is 0 Å². The first-order valence-electron chi connectivity index (χ1n) is 9.47. The molecule has 0 bridgehead atoms. The minimum Gasteiger partial charge on any atom is -0.356 e. The van der Waals surface area contributed by atoms with E-state index in [4.69, 9.17) is 0 Å². The molecule has 1 atom stereocenters. The average Bonchev–Trinajstić information content (AvgIpc) is 3.21. The van der Waals surface area contributed by atoms with E-state index in [0.717, 1.165) is 60.5 Å². The maximum atomic E-state index is 12.5. The predicted molar refractivity (Wildman–Crippen MR) is 106 cm³/mol. The van der Waals surface area contributed by atoms with Crippen molar-refractivity contribution in [2.24, 2.45) is 11.8 Å². The van der Waals surface area contributed by atoms with Crippen molar-refractivity contribution in [1.29, 1.82) is 0 Å². The fraction of sp³-hybridized carbons (Fsp3) is 0.632. The highest BCUT2D eigenvalue weighted by Crippen LogP contribution is 2.29. The number of nitrogens with one attached hydrogen (secondary N) is 1. The summed E-state index contributed by atoms with van der Waals surface area (Å²) in [4.78, 5) is 14.7. The van der Waals surface area contributed by atoms with Crippen molar-refractivity contribution >= 4 is 22.4 Å². The lowest BCUT2D eigenvalue weighted by molar-refractivity contribution is -0.125. The summed E-state index contributed by atoms with van der Waals surface area (Å²) in [7, 11) is 0. The highest BCUT2D eigenvalue weighted by atomic mass is 32.1. The third kappa shape index (κ3) is 4.26. The Morgan fingerprint density at radius 1 is 1.27 bits per heavy atom. The molecule has 26 heavy (non-hydrogen) atoms. The van der Waals surface area contributed by atoms with Crippen molar-refractivity contribution in [3.63, 3.8) is 0 Å². The molecule has 1 fully saturated rings. The maximum absolute atomic E-state index is 12.5. The fourth-order valence-electron chi connectivity index (χ4n) is 3.39. The molecule has 3 rings (SSSR count). The highest BCUT2D eigenvalue weighted by Gasteiger charge is 2.27. The summed E-state index contributed by atoms with van der Waals surface area (Å²) in [6.45, 7) is 10.9. The summed E-state index contributed by atoms with van der Waals surface area (Å²) in [6, 6.07) is 4.18. The molecule has 1 amide bonds. The Labute approximate surface area is 159 Å². The van der Waals surface area contributed by atoms with Gasteiger partial charge in [0.05, 0.1) is 5.92 Å². The van der Waals surface area contributed by atoms with Crippen LogP contribution in [0.3, 0.4) is 0 Å². The second kappa shape index (κ2) is 8.20. The lowest BCUT2D eigenvalue weighted by atomic mass is 9.97. The van der Waals surface area contributed by atoms with Gasteiger partial charge < -0.3 is 10.2 Å². The predicted octanol–water partition coefficient (Wildman–Crippen LogP) is 3.32. The van der Waals surface area contributed by atoms with Crippen LogP contribution in [-0.2, 0) is 4.79 Å². The lowest BCUT2D eigenvalue weighted by Crippen LogP contribution is -2.43. The van der Waals surface area contributed by atoms with Crippen LogP contribution in [0, 0.1) is 25.7 Å². The van der Waals surface area contributed by atoms with E-state index in [9.17, 15) is 4.79 Å². The van der Waals surface area contributed by atoms with E-state index in [0.29, 0.717) is 5.92 Å². The monoisotopic (exact) mass is 375 g/mol. The van der Waals surface area contributed by atoms with Gasteiger partial charge in [0.15, 0.2) is 0 Å². The molecular weight excluding hydrogens is 346 g/mol. The van der Waals surface area contributed by atoms with Gasteiger partial charge in [-0.1, -0.05) is 25.2 Å². The third-order valence-corrected chi connectivity index (χ3v) is 5.92. The number of nitrogens with zero attached hydrogens (tertiary/aromatic N) is 4. The number of aromatic nitrogens is 3. The van der Waals surface area contributed by atoms with E-state index in [1.807, 2.05) is 0 Å². The highest BCUT2D eigenvalue weighted by molar-refractivity contribution is 7.17. The van der Waals surface area contributed by atoms with Gasteiger partial charge in [-0.25, -0.2) is 0 Å². The van der Waals surface area contributed by atoms with E-state index in [2.05, 4.69) is 64.8 Å². The van der Waals surface area contributed by atoms with Gasteiger partial charge in [-0.15, -0.1) is 10.2 Å². The first kappa shape index (κ1) is 18.9. The largest absolute Gasteiger partial charge is 0.356 e. The van der Waals surface area contributed by atoms with Crippen molar-refractivity contribution in [2.45, 2.75) is 47.0 Å². The van der Waals surface area contributed by atoms with E-state index < -0.39 is 0 Å². The first-order chi connectivity index (χ1) is 12.5. The zero-order chi connectivity index (χ0) is 18.7. The second-order valence-electron chi connectivity index (χ2n) is 7.58. The van der Waals surface area contributed by atoms with Crippen molar-refractivity contribution < 1.29 is 4.79 Å². The van der Waals surface area contributed by atoms with Crippen LogP contribution in [0.25, 0.3) is 5.13 Å². The number of carbonyl (C=O) groups is 1. The molecule has 0 saturated carbocycles. The average molecular weight is 376 g/mol. The van der Waals surface area contributed by atoms with Gasteiger partial charge in [0.25, 0.3) is 0 Å². The van der Waals surface area contributed by atoms with Gasteiger partial charge in [-0.05, 0) is 51.2 Å². The Bertz CT molecular complexity index is 731. The standard InChI is InChI=1S/C19H29N5OS/c1-13(2)9-10-20-17(25)16-6-5-11-23(12-16)18-21-22-19(26-18)24-14(3)7-8-15(24)4/h7-8,13,16H,5-6,9-12H2,1-4H3,(H,20,25). The smallest absolute Gasteiger partial charge is 0.224 e.